The normalized spacial score (nSPS) is 10.4. The molecular formula is C10H7ClINO. The lowest BCUT2D eigenvalue weighted by Crippen LogP contribution is -1.85. The minimum Gasteiger partial charge on any atom is -0.443 e. The summed E-state index contributed by atoms with van der Waals surface area (Å²) in [6.45, 7) is 0. The second kappa shape index (κ2) is 4.31. The highest BCUT2D eigenvalue weighted by molar-refractivity contribution is 14.1. The lowest BCUT2D eigenvalue weighted by Gasteiger charge is -2.00. The molecule has 2 nitrogen and oxygen atoms in total. The highest BCUT2D eigenvalue weighted by Crippen LogP contribution is 2.28. The van der Waals surface area contributed by atoms with Crippen LogP contribution in [-0.2, 0) is 5.88 Å². The molecule has 0 amide bonds. The fourth-order valence-electron chi connectivity index (χ4n) is 1.23. The molecule has 0 aliphatic heterocycles. The van der Waals surface area contributed by atoms with Crippen molar-refractivity contribution in [1.29, 1.82) is 0 Å². The number of nitrogens with zero attached hydrogens (tertiary/aromatic N) is 1. The lowest BCUT2D eigenvalue weighted by atomic mass is 10.1. The third kappa shape index (κ3) is 1.79. The van der Waals surface area contributed by atoms with E-state index in [9.17, 15) is 0 Å². The van der Waals surface area contributed by atoms with Crippen LogP contribution in [0.1, 0.15) is 5.69 Å². The number of alkyl halides is 1. The van der Waals surface area contributed by atoms with Crippen molar-refractivity contribution >= 4 is 34.2 Å². The van der Waals surface area contributed by atoms with Gasteiger partial charge in [-0.05, 0) is 28.7 Å². The molecule has 2 aromatic rings. The zero-order chi connectivity index (χ0) is 9.97. The molecule has 0 saturated heterocycles. The van der Waals surface area contributed by atoms with Crippen LogP contribution in [0.25, 0.3) is 11.3 Å². The standard InChI is InChI=1S/C10H7ClINO/c11-5-9-10(14-6-13-9)7-3-1-2-4-8(7)12/h1-4,6H,5H2. The maximum atomic E-state index is 5.75. The Kier molecular flexibility index (Phi) is 3.08. The molecule has 2 rings (SSSR count). The van der Waals surface area contributed by atoms with Crippen molar-refractivity contribution in [2.45, 2.75) is 5.88 Å². The number of hydrogen-bond acceptors (Lipinski definition) is 2. The van der Waals surface area contributed by atoms with Crippen LogP contribution < -0.4 is 0 Å². The molecule has 0 bridgehead atoms. The number of halogens is 2. The first-order chi connectivity index (χ1) is 6.83. The van der Waals surface area contributed by atoms with Crippen LogP contribution in [-0.4, -0.2) is 4.98 Å². The lowest BCUT2D eigenvalue weighted by molar-refractivity contribution is 0.571. The zero-order valence-electron chi connectivity index (χ0n) is 7.21. The fraction of sp³-hybridized carbons (Fsp3) is 0.100. The molecule has 0 saturated carbocycles. The van der Waals surface area contributed by atoms with E-state index in [4.69, 9.17) is 16.0 Å². The van der Waals surface area contributed by atoms with Crippen molar-refractivity contribution in [2.24, 2.45) is 0 Å². The smallest absolute Gasteiger partial charge is 0.181 e. The van der Waals surface area contributed by atoms with Gasteiger partial charge in [0.1, 0.15) is 5.69 Å². The molecule has 1 aromatic heterocycles. The third-order valence-corrected chi connectivity index (χ3v) is 3.08. The van der Waals surface area contributed by atoms with E-state index in [0.29, 0.717) is 5.88 Å². The summed E-state index contributed by atoms with van der Waals surface area (Å²) in [5, 5.41) is 0. The number of benzene rings is 1. The predicted octanol–water partition coefficient (Wildman–Crippen LogP) is 3.69. The minimum absolute atomic E-state index is 0.372. The Bertz CT molecular complexity index is 441. The van der Waals surface area contributed by atoms with Gasteiger partial charge >= 0.3 is 0 Å². The van der Waals surface area contributed by atoms with Crippen LogP contribution in [0.4, 0.5) is 0 Å². The molecule has 0 N–H and O–H groups in total. The molecule has 0 aliphatic carbocycles. The van der Waals surface area contributed by atoms with Gasteiger partial charge in [-0.25, -0.2) is 4.98 Å². The van der Waals surface area contributed by atoms with Crippen LogP contribution in [0.5, 0.6) is 0 Å². The molecule has 1 aromatic carbocycles. The Balaban J connectivity index is 2.54. The van der Waals surface area contributed by atoms with Gasteiger partial charge in [-0.15, -0.1) is 11.6 Å². The van der Waals surface area contributed by atoms with E-state index in [1.165, 1.54) is 6.39 Å². The van der Waals surface area contributed by atoms with Crippen molar-refractivity contribution < 1.29 is 4.42 Å². The SMILES string of the molecule is ClCc1ncoc1-c1ccccc1I. The molecule has 1 heterocycles. The molecule has 0 radical (unpaired) electrons. The second-order valence-electron chi connectivity index (χ2n) is 2.74. The van der Waals surface area contributed by atoms with E-state index >= 15 is 0 Å². The zero-order valence-corrected chi connectivity index (χ0v) is 10.1. The molecule has 0 atom stereocenters. The fourth-order valence-corrected chi connectivity index (χ4v) is 2.05. The molecule has 0 aliphatic rings. The average molecular weight is 320 g/mol. The monoisotopic (exact) mass is 319 g/mol. The quantitative estimate of drug-likeness (QED) is 0.623. The Morgan fingerprint density at radius 1 is 1.36 bits per heavy atom. The van der Waals surface area contributed by atoms with Crippen LogP contribution in [0.3, 0.4) is 0 Å². The van der Waals surface area contributed by atoms with Gasteiger partial charge in [0.15, 0.2) is 12.2 Å². The summed E-state index contributed by atoms with van der Waals surface area (Å²) in [6.07, 6.45) is 1.43. The third-order valence-electron chi connectivity index (χ3n) is 1.89. The largest absolute Gasteiger partial charge is 0.443 e. The number of oxazole rings is 1. The van der Waals surface area contributed by atoms with Crippen LogP contribution in [0.2, 0.25) is 0 Å². The summed E-state index contributed by atoms with van der Waals surface area (Å²) >= 11 is 8.01. The summed E-state index contributed by atoms with van der Waals surface area (Å²) in [5.74, 6) is 1.14. The van der Waals surface area contributed by atoms with E-state index in [2.05, 4.69) is 27.6 Å². The van der Waals surface area contributed by atoms with E-state index in [-0.39, 0.29) is 0 Å². The number of rotatable bonds is 2. The number of hydrogen-bond donors (Lipinski definition) is 0. The molecule has 14 heavy (non-hydrogen) atoms. The van der Waals surface area contributed by atoms with Crippen molar-refractivity contribution in [3.05, 3.63) is 39.9 Å². The first kappa shape index (κ1) is 9.98. The van der Waals surface area contributed by atoms with Gasteiger partial charge in [0.05, 0.1) is 5.88 Å². The Morgan fingerprint density at radius 2 is 2.14 bits per heavy atom. The maximum absolute atomic E-state index is 5.75. The van der Waals surface area contributed by atoms with E-state index < -0.39 is 0 Å². The topological polar surface area (TPSA) is 26.0 Å². The van der Waals surface area contributed by atoms with Crippen LogP contribution in [0, 0.1) is 3.57 Å². The summed E-state index contributed by atoms with van der Waals surface area (Å²) in [6, 6.07) is 7.98. The molecule has 0 fully saturated rings. The van der Waals surface area contributed by atoms with Gasteiger partial charge in [0.25, 0.3) is 0 Å². The van der Waals surface area contributed by atoms with Gasteiger partial charge < -0.3 is 4.42 Å². The highest BCUT2D eigenvalue weighted by Gasteiger charge is 2.11. The van der Waals surface area contributed by atoms with Gasteiger partial charge in [-0.1, -0.05) is 18.2 Å². The Morgan fingerprint density at radius 3 is 2.86 bits per heavy atom. The molecule has 0 spiro atoms. The highest BCUT2D eigenvalue weighted by atomic mass is 127. The second-order valence-corrected chi connectivity index (χ2v) is 4.17. The minimum atomic E-state index is 0.372. The summed E-state index contributed by atoms with van der Waals surface area (Å²) in [4.78, 5) is 4.05. The van der Waals surface area contributed by atoms with Crippen molar-refractivity contribution in [2.75, 3.05) is 0 Å². The van der Waals surface area contributed by atoms with Gasteiger partial charge in [0, 0.05) is 9.13 Å². The molecular weight excluding hydrogens is 312 g/mol. The first-order valence-electron chi connectivity index (χ1n) is 4.06. The Hall–Kier alpha value is -0.550. The summed E-state index contributed by atoms with van der Waals surface area (Å²) in [5.41, 5.74) is 1.83. The number of aromatic nitrogens is 1. The average Bonchev–Trinajstić information content (AvgIpc) is 2.66. The van der Waals surface area contributed by atoms with Crippen molar-refractivity contribution in [3.8, 4) is 11.3 Å². The van der Waals surface area contributed by atoms with Gasteiger partial charge in [-0.2, -0.15) is 0 Å². The molecule has 0 unspecified atom stereocenters. The van der Waals surface area contributed by atoms with Crippen LogP contribution in [0.15, 0.2) is 35.1 Å². The van der Waals surface area contributed by atoms with Crippen molar-refractivity contribution in [3.63, 3.8) is 0 Å². The first-order valence-corrected chi connectivity index (χ1v) is 5.67. The van der Waals surface area contributed by atoms with Gasteiger partial charge in [-0.3, -0.25) is 0 Å². The summed E-state index contributed by atoms with van der Waals surface area (Å²) < 4.78 is 6.45. The summed E-state index contributed by atoms with van der Waals surface area (Å²) in [7, 11) is 0. The molecule has 4 heteroatoms. The van der Waals surface area contributed by atoms with E-state index in [1.54, 1.807) is 0 Å². The van der Waals surface area contributed by atoms with Crippen LogP contribution >= 0.6 is 34.2 Å². The molecule has 72 valence electrons. The van der Waals surface area contributed by atoms with E-state index in [1.807, 2.05) is 24.3 Å². The maximum Gasteiger partial charge on any atom is 0.181 e. The van der Waals surface area contributed by atoms with E-state index in [0.717, 1.165) is 20.6 Å². The Labute approximate surface area is 100 Å². The van der Waals surface area contributed by atoms with Gasteiger partial charge in [0.2, 0.25) is 0 Å². The van der Waals surface area contributed by atoms with Crippen molar-refractivity contribution in [1.82, 2.24) is 4.98 Å². The predicted molar refractivity (Wildman–Crippen MR) is 64.2 cm³/mol.